The van der Waals surface area contributed by atoms with Crippen LogP contribution >= 0.6 is 11.3 Å². The van der Waals surface area contributed by atoms with E-state index in [1.165, 1.54) is 22.1 Å². The second-order valence-electron chi connectivity index (χ2n) is 4.52. The Bertz CT molecular complexity index is 768. The van der Waals surface area contributed by atoms with Crippen molar-refractivity contribution in [2.45, 2.75) is 13.8 Å². The molecule has 0 aliphatic carbocycles. The fourth-order valence-electron chi connectivity index (χ4n) is 2.25. The molecule has 3 aromatic rings. The van der Waals surface area contributed by atoms with Crippen LogP contribution in [0, 0.1) is 6.92 Å². The molecule has 0 aliphatic heterocycles. The van der Waals surface area contributed by atoms with Gasteiger partial charge in [0.15, 0.2) is 5.78 Å². The molecule has 0 aliphatic rings. The smallest absolute Gasteiger partial charge is 0.171 e. The quantitative estimate of drug-likeness (QED) is 0.641. The lowest BCUT2D eigenvalue weighted by Gasteiger charge is -2.02. The summed E-state index contributed by atoms with van der Waals surface area (Å²) in [4.78, 5) is 16.8. The first-order valence-electron chi connectivity index (χ1n) is 6.13. The number of hydrogen-bond acceptors (Lipinski definition) is 3. The van der Waals surface area contributed by atoms with Gasteiger partial charge in [-0.3, -0.25) is 4.79 Å². The molecule has 2 nitrogen and oxygen atoms in total. The van der Waals surface area contributed by atoms with Gasteiger partial charge in [-0.2, -0.15) is 0 Å². The summed E-state index contributed by atoms with van der Waals surface area (Å²) in [6.07, 6.45) is 0. The first kappa shape index (κ1) is 12.1. The van der Waals surface area contributed by atoms with E-state index in [-0.39, 0.29) is 5.78 Å². The van der Waals surface area contributed by atoms with Crippen molar-refractivity contribution in [1.82, 2.24) is 4.98 Å². The molecule has 0 unspecified atom stereocenters. The summed E-state index contributed by atoms with van der Waals surface area (Å²) in [5.41, 5.74) is 1.92. The summed E-state index contributed by atoms with van der Waals surface area (Å²) in [5, 5.41) is 3.28. The topological polar surface area (TPSA) is 30.0 Å². The summed E-state index contributed by atoms with van der Waals surface area (Å²) in [7, 11) is 0. The van der Waals surface area contributed by atoms with E-state index in [2.05, 4.69) is 29.2 Å². The SMILES string of the molecule is CC(=O)c1sc(-c2cccc3ccccc23)nc1C. The maximum absolute atomic E-state index is 11.5. The molecule has 0 saturated heterocycles. The molecule has 94 valence electrons. The van der Waals surface area contributed by atoms with Crippen LogP contribution in [0.25, 0.3) is 21.3 Å². The zero-order valence-electron chi connectivity index (χ0n) is 10.8. The summed E-state index contributed by atoms with van der Waals surface area (Å²) >= 11 is 1.47. The molecule has 19 heavy (non-hydrogen) atoms. The second-order valence-corrected chi connectivity index (χ2v) is 5.52. The van der Waals surface area contributed by atoms with Gasteiger partial charge in [-0.05, 0) is 17.7 Å². The van der Waals surface area contributed by atoms with Crippen LogP contribution in [0.3, 0.4) is 0 Å². The monoisotopic (exact) mass is 267 g/mol. The van der Waals surface area contributed by atoms with E-state index in [0.717, 1.165) is 21.1 Å². The highest BCUT2D eigenvalue weighted by Crippen LogP contribution is 2.33. The third-order valence-electron chi connectivity index (χ3n) is 3.14. The molecule has 2 aromatic carbocycles. The summed E-state index contributed by atoms with van der Waals surface area (Å²) in [5.74, 6) is 0.0847. The maximum atomic E-state index is 11.5. The minimum absolute atomic E-state index is 0.0847. The molecular weight excluding hydrogens is 254 g/mol. The number of Topliss-reactive ketones (excluding diaryl/α,β-unsaturated/α-hetero) is 1. The van der Waals surface area contributed by atoms with E-state index in [1.807, 2.05) is 25.1 Å². The Morgan fingerprint density at radius 2 is 1.84 bits per heavy atom. The van der Waals surface area contributed by atoms with E-state index < -0.39 is 0 Å². The van der Waals surface area contributed by atoms with Gasteiger partial charge < -0.3 is 0 Å². The number of carbonyl (C=O) groups is 1. The molecular formula is C16H13NOS. The standard InChI is InChI=1S/C16H13NOS/c1-10-15(11(2)18)19-16(17-10)14-9-5-7-12-6-3-4-8-13(12)14/h3-9H,1-2H3. The number of ketones is 1. The van der Waals surface area contributed by atoms with Gasteiger partial charge in [0.1, 0.15) is 5.01 Å². The molecule has 0 fully saturated rings. The molecule has 1 heterocycles. The number of aromatic nitrogens is 1. The molecule has 3 rings (SSSR count). The van der Waals surface area contributed by atoms with Gasteiger partial charge in [0.25, 0.3) is 0 Å². The molecule has 0 spiro atoms. The summed E-state index contributed by atoms with van der Waals surface area (Å²) < 4.78 is 0. The first-order chi connectivity index (χ1) is 9.16. The molecule has 0 saturated carbocycles. The normalized spacial score (nSPS) is 10.8. The van der Waals surface area contributed by atoms with Gasteiger partial charge in [-0.1, -0.05) is 42.5 Å². The van der Waals surface area contributed by atoms with Crippen LogP contribution in [0.1, 0.15) is 22.3 Å². The number of benzene rings is 2. The molecule has 0 radical (unpaired) electrons. The zero-order chi connectivity index (χ0) is 13.4. The van der Waals surface area contributed by atoms with Crippen molar-refractivity contribution in [3.8, 4) is 10.6 Å². The van der Waals surface area contributed by atoms with E-state index in [9.17, 15) is 4.79 Å². The van der Waals surface area contributed by atoms with Crippen molar-refractivity contribution in [1.29, 1.82) is 0 Å². The van der Waals surface area contributed by atoms with Crippen LogP contribution in [0.2, 0.25) is 0 Å². The Balaban J connectivity index is 2.25. The lowest BCUT2D eigenvalue weighted by atomic mass is 10.1. The maximum Gasteiger partial charge on any atom is 0.171 e. The fraction of sp³-hybridized carbons (Fsp3) is 0.125. The highest BCUT2D eigenvalue weighted by Gasteiger charge is 2.14. The third-order valence-corrected chi connectivity index (χ3v) is 4.43. The van der Waals surface area contributed by atoms with E-state index in [0.29, 0.717) is 0 Å². The average Bonchev–Trinajstić information content (AvgIpc) is 2.80. The predicted octanol–water partition coefficient (Wildman–Crippen LogP) is 4.47. The van der Waals surface area contributed by atoms with E-state index in [1.54, 1.807) is 6.92 Å². The summed E-state index contributed by atoms with van der Waals surface area (Å²) in [6.45, 7) is 3.48. The van der Waals surface area contributed by atoms with Crippen LogP contribution < -0.4 is 0 Å². The van der Waals surface area contributed by atoms with Crippen LogP contribution in [0.15, 0.2) is 42.5 Å². The van der Waals surface area contributed by atoms with Gasteiger partial charge >= 0.3 is 0 Å². The molecule has 0 amide bonds. The van der Waals surface area contributed by atoms with Gasteiger partial charge in [0, 0.05) is 12.5 Å². The Hall–Kier alpha value is -2.00. The van der Waals surface area contributed by atoms with E-state index in [4.69, 9.17) is 0 Å². The third kappa shape index (κ3) is 2.06. The van der Waals surface area contributed by atoms with Gasteiger partial charge in [-0.25, -0.2) is 4.98 Å². The van der Waals surface area contributed by atoms with Gasteiger partial charge in [0.05, 0.1) is 10.6 Å². The van der Waals surface area contributed by atoms with Crippen molar-refractivity contribution in [2.75, 3.05) is 0 Å². The average molecular weight is 267 g/mol. The van der Waals surface area contributed by atoms with Crippen molar-refractivity contribution in [3.05, 3.63) is 53.0 Å². The van der Waals surface area contributed by atoms with E-state index >= 15 is 0 Å². The molecule has 0 bridgehead atoms. The Morgan fingerprint density at radius 3 is 2.58 bits per heavy atom. The Kier molecular flexibility index (Phi) is 2.91. The number of hydrogen-bond donors (Lipinski definition) is 0. The van der Waals surface area contributed by atoms with Crippen molar-refractivity contribution < 1.29 is 4.79 Å². The van der Waals surface area contributed by atoms with Crippen LogP contribution in [0.5, 0.6) is 0 Å². The van der Waals surface area contributed by atoms with Crippen molar-refractivity contribution >= 4 is 27.9 Å². The molecule has 0 N–H and O–H groups in total. The number of nitrogens with zero attached hydrogens (tertiary/aromatic N) is 1. The number of aryl methyl sites for hydroxylation is 1. The minimum Gasteiger partial charge on any atom is -0.294 e. The Morgan fingerprint density at radius 1 is 1.11 bits per heavy atom. The van der Waals surface area contributed by atoms with Crippen molar-refractivity contribution in [2.24, 2.45) is 0 Å². The highest BCUT2D eigenvalue weighted by molar-refractivity contribution is 7.17. The minimum atomic E-state index is 0.0847. The van der Waals surface area contributed by atoms with Crippen LogP contribution in [-0.4, -0.2) is 10.8 Å². The van der Waals surface area contributed by atoms with Crippen LogP contribution in [0.4, 0.5) is 0 Å². The number of fused-ring (bicyclic) bond motifs is 1. The van der Waals surface area contributed by atoms with Gasteiger partial charge in [0.2, 0.25) is 0 Å². The fourth-order valence-corrected chi connectivity index (χ4v) is 3.25. The molecule has 1 aromatic heterocycles. The van der Waals surface area contributed by atoms with Gasteiger partial charge in [-0.15, -0.1) is 11.3 Å². The van der Waals surface area contributed by atoms with Crippen molar-refractivity contribution in [3.63, 3.8) is 0 Å². The number of carbonyl (C=O) groups excluding carboxylic acids is 1. The molecule has 0 atom stereocenters. The zero-order valence-corrected chi connectivity index (χ0v) is 11.6. The first-order valence-corrected chi connectivity index (χ1v) is 6.95. The lowest BCUT2D eigenvalue weighted by molar-refractivity contribution is 0.102. The highest BCUT2D eigenvalue weighted by atomic mass is 32.1. The predicted molar refractivity (Wildman–Crippen MR) is 79.8 cm³/mol. The summed E-state index contributed by atoms with van der Waals surface area (Å²) in [6, 6.07) is 14.4. The second kappa shape index (κ2) is 4.59. The number of rotatable bonds is 2. The number of thiazole rings is 1. The lowest BCUT2D eigenvalue weighted by Crippen LogP contribution is -1.89. The van der Waals surface area contributed by atoms with Crippen LogP contribution in [-0.2, 0) is 0 Å². The largest absolute Gasteiger partial charge is 0.294 e. The molecule has 3 heteroatoms. The Labute approximate surface area is 115 Å².